The van der Waals surface area contributed by atoms with E-state index in [9.17, 15) is 17.9 Å². The number of hydrogen-bond acceptors (Lipinski definition) is 8. The number of aromatic nitrogens is 2. The van der Waals surface area contributed by atoms with Crippen LogP contribution in [0.2, 0.25) is 0 Å². The van der Waals surface area contributed by atoms with Gasteiger partial charge < -0.3 is 10.5 Å². The molecule has 0 amide bonds. The summed E-state index contributed by atoms with van der Waals surface area (Å²) in [6.45, 7) is 8.24. The molecule has 0 aliphatic carbocycles. The maximum Gasteiger partial charge on any atom is 0.232 e. The fourth-order valence-corrected chi connectivity index (χ4v) is 5.12. The van der Waals surface area contributed by atoms with Crippen molar-refractivity contribution >= 4 is 28.3 Å². The van der Waals surface area contributed by atoms with Gasteiger partial charge in [0.15, 0.2) is 5.83 Å². The number of rotatable bonds is 6. The number of hydrogen-bond donors (Lipinski definition) is 3. The van der Waals surface area contributed by atoms with Crippen LogP contribution in [0.25, 0.3) is 11.9 Å². The Bertz CT molecular complexity index is 1220. The molecule has 11 heteroatoms. The number of ether oxygens (including phenoxy) is 1. The van der Waals surface area contributed by atoms with Crippen LogP contribution in [-0.4, -0.2) is 42.0 Å². The molecule has 4 N–H and O–H groups in total. The predicted molar refractivity (Wildman–Crippen MR) is 133 cm³/mol. The van der Waals surface area contributed by atoms with Crippen LogP contribution in [0.15, 0.2) is 35.6 Å². The van der Waals surface area contributed by atoms with Gasteiger partial charge in [0.05, 0.1) is 29.6 Å². The Morgan fingerprint density at radius 2 is 1.97 bits per heavy atom. The second-order valence-electron chi connectivity index (χ2n) is 9.85. The van der Waals surface area contributed by atoms with Crippen LogP contribution in [0.5, 0.6) is 5.88 Å². The van der Waals surface area contributed by atoms with Crippen molar-refractivity contribution in [2.24, 2.45) is 16.1 Å². The standard InChI is InChI=1S/C24H29F2N5O3S/c1-22(2,12-27)13-34-20-11-29-19(10-30-20)18(26)9-15-6-7-17(25)16(8-15)24(5)14-35(32,33)23(3,4)21(28)31-24/h6-11,32-33H,13-14H2,1-5H3,(H2,28,31). The zero-order chi connectivity index (χ0) is 26.2. The van der Waals surface area contributed by atoms with Gasteiger partial charge in [-0.05, 0) is 58.4 Å². The molecule has 0 spiro atoms. The third-order valence-electron chi connectivity index (χ3n) is 5.90. The minimum Gasteiger partial charge on any atom is -0.475 e. The third-order valence-corrected chi connectivity index (χ3v) is 8.71. The highest BCUT2D eigenvalue weighted by atomic mass is 32.3. The van der Waals surface area contributed by atoms with Crippen LogP contribution >= 0.6 is 10.6 Å². The average molecular weight is 506 g/mol. The van der Waals surface area contributed by atoms with Crippen molar-refractivity contribution in [1.29, 1.82) is 5.26 Å². The highest BCUT2D eigenvalue weighted by Gasteiger charge is 2.49. The first-order valence-electron chi connectivity index (χ1n) is 10.8. The van der Waals surface area contributed by atoms with E-state index in [2.05, 4.69) is 21.0 Å². The molecule has 1 atom stereocenters. The van der Waals surface area contributed by atoms with Gasteiger partial charge in [-0.1, -0.05) is 6.07 Å². The van der Waals surface area contributed by atoms with Gasteiger partial charge in [-0.25, -0.2) is 18.7 Å². The molecule has 1 aliphatic rings. The van der Waals surface area contributed by atoms with Crippen LogP contribution in [0.1, 0.15) is 51.4 Å². The molecule has 2 heterocycles. The number of benzene rings is 1. The summed E-state index contributed by atoms with van der Waals surface area (Å²) < 4.78 is 55.4. The molecule has 8 nitrogen and oxygen atoms in total. The van der Waals surface area contributed by atoms with Gasteiger partial charge in [0.25, 0.3) is 0 Å². The van der Waals surface area contributed by atoms with E-state index >= 15 is 0 Å². The predicted octanol–water partition coefficient (Wildman–Crippen LogP) is 5.13. The quantitative estimate of drug-likeness (QED) is 0.495. The number of aliphatic imine (C=N–C) groups is 1. The number of nitrogens with two attached hydrogens (primary N) is 1. The van der Waals surface area contributed by atoms with Crippen LogP contribution in [0.3, 0.4) is 0 Å². The van der Waals surface area contributed by atoms with Gasteiger partial charge in [-0.2, -0.15) is 15.9 Å². The number of halogens is 2. The molecule has 188 valence electrons. The van der Waals surface area contributed by atoms with E-state index in [1.54, 1.807) is 34.6 Å². The van der Waals surface area contributed by atoms with E-state index in [0.29, 0.717) is 5.56 Å². The number of nitriles is 1. The van der Waals surface area contributed by atoms with Crippen molar-refractivity contribution in [3.63, 3.8) is 0 Å². The minimum atomic E-state index is -3.24. The summed E-state index contributed by atoms with van der Waals surface area (Å²) in [6.07, 6.45) is 3.60. The van der Waals surface area contributed by atoms with Crippen molar-refractivity contribution in [3.05, 3.63) is 53.2 Å². The maximum absolute atomic E-state index is 14.9. The molecule has 1 aliphatic heterocycles. The monoisotopic (exact) mass is 505 g/mol. The summed E-state index contributed by atoms with van der Waals surface area (Å²) in [4.78, 5) is 12.4. The summed E-state index contributed by atoms with van der Waals surface area (Å²) in [7, 11) is -3.24. The molecular weight excluding hydrogens is 476 g/mol. The lowest BCUT2D eigenvalue weighted by atomic mass is 9.91. The first-order valence-corrected chi connectivity index (χ1v) is 12.5. The second kappa shape index (κ2) is 9.18. The summed E-state index contributed by atoms with van der Waals surface area (Å²) in [5.41, 5.74) is 4.28. The molecule has 1 unspecified atom stereocenters. The van der Waals surface area contributed by atoms with E-state index in [1.807, 2.05) is 0 Å². The van der Waals surface area contributed by atoms with Crippen molar-refractivity contribution < 1.29 is 22.6 Å². The minimum absolute atomic E-state index is 0.00789. The van der Waals surface area contributed by atoms with Gasteiger partial charge in [0.1, 0.15) is 34.2 Å². The lowest BCUT2D eigenvalue weighted by Crippen LogP contribution is -2.52. The summed E-state index contributed by atoms with van der Waals surface area (Å²) >= 11 is 0. The molecule has 0 saturated heterocycles. The molecule has 1 aromatic heterocycles. The van der Waals surface area contributed by atoms with Crippen molar-refractivity contribution in [2.45, 2.75) is 44.9 Å². The first-order chi connectivity index (χ1) is 16.1. The zero-order valence-electron chi connectivity index (χ0n) is 20.2. The lowest BCUT2D eigenvalue weighted by molar-refractivity contribution is 0.218. The number of amidine groups is 1. The van der Waals surface area contributed by atoms with Crippen LogP contribution in [0.4, 0.5) is 8.78 Å². The normalized spacial score (nSPS) is 22.6. The highest BCUT2D eigenvalue weighted by molar-refractivity contribution is 8.26. The van der Waals surface area contributed by atoms with Crippen molar-refractivity contribution in [3.8, 4) is 11.9 Å². The van der Waals surface area contributed by atoms with E-state index in [1.165, 1.54) is 24.5 Å². The SMILES string of the molecule is CC(C)(C#N)COc1cnc(C(F)=Cc2ccc(F)c(C3(C)CS(O)(O)C(C)(C)C(N)=N3)c2)cn1. The fourth-order valence-electron chi connectivity index (χ4n) is 3.38. The topological polar surface area (TPSA) is 138 Å². The Hall–Kier alpha value is -3.07. The van der Waals surface area contributed by atoms with Gasteiger partial charge in [-0.3, -0.25) is 14.1 Å². The van der Waals surface area contributed by atoms with Gasteiger partial charge in [0.2, 0.25) is 5.88 Å². The van der Waals surface area contributed by atoms with E-state index in [4.69, 9.17) is 15.7 Å². The molecule has 0 radical (unpaired) electrons. The Morgan fingerprint density at radius 3 is 2.54 bits per heavy atom. The first kappa shape index (κ1) is 26.5. The molecule has 35 heavy (non-hydrogen) atoms. The Labute approximate surface area is 204 Å². The largest absolute Gasteiger partial charge is 0.475 e. The molecule has 1 aromatic carbocycles. The Kier molecular flexibility index (Phi) is 6.96. The van der Waals surface area contributed by atoms with Gasteiger partial charge in [-0.15, -0.1) is 0 Å². The van der Waals surface area contributed by atoms with Crippen molar-refractivity contribution in [2.75, 3.05) is 12.4 Å². The lowest BCUT2D eigenvalue weighted by Gasteiger charge is -2.53. The maximum atomic E-state index is 14.9. The fraction of sp³-hybridized carbons (Fsp3) is 0.417. The Balaban J connectivity index is 1.88. The van der Waals surface area contributed by atoms with E-state index in [0.717, 1.165) is 12.1 Å². The summed E-state index contributed by atoms with van der Waals surface area (Å²) in [5.74, 6) is -1.42. The van der Waals surface area contributed by atoms with Crippen molar-refractivity contribution in [1.82, 2.24) is 9.97 Å². The highest BCUT2D eigenvalue weighted by Crippen LogP contribution is 2.59. The average Bonchev–Trinajstić information content (AvgIpc) is 2.78. The summed E-state index contributed by atoms with van der Waals surface area (Å²) in [5, 5.41) is 9.04. The molecule has 3 rings (SSSR count). The molecule has 0 bridgehead atoms. The van der Waals surface area contributed by atoms with Crippen LogP contribution < -0.4 is 10.5 Å². The zero-order valence-corrected chi connectivity index (χ0v) is 21.0. The molecular formula is C24H29F2N5O3S. The number of nitrogens with zero attached hydrogens (tertiary/aromatic N) is 4. The van der Waals surface area contributed by atoms with Gasteiger partial charge >= 0.3 is 0 Å². The molecule has 0 saturated carbocycles. The summed E-state index contributed by atoms with van der Waals surface area (Å²) in [6, 6.07) is 6.05. The molecule has 2 aromatic rings. The van der Waals surface area contributed by atoms with Crippen LogP contribution in [-0.2, 0) is 5.54 Å². The Morgan fingerprint density at radius 1 is 1.29 bits per heavy atom. The van der Waals surface area contributed by atoms with Gasteiger partial charge in [0, 0.05) is 5.56 Å². The second-order valence-corrected chi connectivity index (χ2v) is 12.5. The van der Waals surface area contributed by atoms with E-state index in [-0.39, 0.29) is 35.3 Å². The smallest absolute Gasteiger partial charge is 0.232 e. The van der Waals surface area contributed by atoms with E-state index < -0.39 is 37.9 Å². The molecule has 0 fully saturated rings. The van der Waals surface area contributed by atoms with Crippen LogP contribution in [0, 0.1) is 22.6 Å². The third kappa shape index (κ3) is 5.45.